The lowest BCUT2D eigenvalue weighted by Crippen LogP contribution is -2.40. The largest absolute Gasteiger partial charge is 0.383 e. The molecule has 2 amide bonds. The molecule has 120 valence electrons. The van der Waals surface area contributed by atoms with Crippen molar-refractivity contribution in [3.05, 3.63) is 29.3 Å². The summed E-state index contributed by atoms with van der Waals surface area (Å²) in [5.74, 6) is -0.370. The minimum Gasteiger partial charge on any atom is -0.383 e. The number of benzene rings is 1. The molecule has 2 unspecified atom stereocenters. The summed E-state index contributed by atoms with van der Waals surface area (Å²) in [6, 6.07) is 5.85. The number of nitrogens with one attached hydrogen (secondary N) is 1. The molecule has 1 aromatic rings. The highest BCUT2D eigenvalue weighted by molar-refractivity contribution is 6.00. The van der Waals surface area contributed by atoms with Crippen molar-refractivity contribution in [2.75, 3.05) is 25.2 Å². The first-order chi connectivity index (χ1) is 10.4. The fourth-order valence-corrected chi connectivity index (χ4v) is 2.80. The molecule has 1 aliphatic rings. The number of hydrogen-bond acceptors (Lipinski definition) is 3. The van der Waals surface area contributed by atoms with Gasteiger partial charge >= 0.3 is 0 Å². The molecule has 1 N–H and O–H groups in total. The number of methoxy groups -OCH3 is 1. The molecule has 1 fully saturated rings. The topological polar surface area (TPSA) is 58.6 Å². The van der Waals surface area contributed by atoms with Crippen molar-refractivity contribution in [3.8, 4) is 0 Å². The van der Waals surface area contributed by atoms with E-state index in [9.17, 15) is 9.59 Å². The van der Waals surface area contributed by atoms with E-state index < -0.39 is 0 Å². The van der Waals surface area contributed by atoms with E-state index in [0.29, 0.717) is 13.2 Å². The number of carbonyl (C=O) groups is 2. The predicted octanol–water partition coefficient (Wildman–Crippen LogP) is 1.81. The molecular weight excluding hydrogens is 280 g/mol. The fraction of sp³-hybridized carbons (Fsp3) is 0.529. The van der Waals surface area contributed by atoms with Crippen molar-refractivity contribution < 1.29 is 14.3 Å². The summed E-state index contributed by atoms with van der Waals surface area (Å²) in [5.41, 5.74) is 3.14. The highest BCUT2D eigenvalue weighted by Gasteiger charge is 2.36. The highest BCUT2D eigenvalue weighted by Crippen LogP contribution is 2.29. The Bertz CT molecular complexity index is 571. The predicted molar refractivity (Wildman–Crippen MR) is 85.9 cm³/mol. The normalized spacial score (nSPS) is 19.4. The van der Waals surface area contributed by atoms with Gasteiger partial charge in [0.2, 0.25) is 11.8 Å². The van der Waals surface area contributed by atoms with Crippen LogP contribution in [0.2, 0.25) is 0 Å². The van der Waals surface area contributed by atoms with Crippen LogP contribution in [0.25, 0.3) is 0 Å². The monoisotopic (exact) mass is 304 g/mol. The van der Waals surface area contributed by atoms with Crippen molar-refractivity contribution >= 4 is 17.5 Å². The third kappa shape index (κ3) is 3.47. The Morgan fingerprint density at radius 1 is 1.45 bits per heavy atom. The summed E-state index contributed by atoms with van der Waals surface area (Å²) in [7, 11) is 1.60. The third-order valence-electron chi connectivity index (χ3n) is 4.17. The maximum absolute atomic E-state index is 12.3. The Morgan fingerprint density at radius 2 is 2.18 bits per heavy atom. The molecule has 5 nitrogen and oxygen atoms in total. The van der Waals surface area contributed by atoms with Gasteiger partial charge in [0.05, 0.1) is 12.5 Å². The molecule has 2 atom stereocenters. The standard InChI is InChI=1S/C17H24N2O3/c1-11-6-5-7-15(13(11)3)19-9-14(8-16(19)20)17(21)18-12(2)10-22-4/h5-7,12,14H,8-10H2,1-4H3,(H,18,21). The summed E-state index contributed by atoms with van der Waals surface area (Å²) >= 11 is 0. The average Bonchev–Trinajstić information content (AvgIpc) is 2.84. The van der Waals surface area contributed by atoms with Gasteiger partial charge in [0, 0.05) is 31.8 Å². The summed E-state index contributed by atoms with van der Waals surface area (Å²) in [4.78, 5) is 26.3. The molecule has 2 rings (SSSR count). The summed E-state index contributed by atoms with van der Waals surface area (Å²) < 4.78 is 5.02. The molecule has 5 heteroatoms. The van der Waals surface area contributed by atoms with Crippen LogP contribution >= 0.6 is 0 Å². The molecule has 1 saturated heterocycles. The smallest absolute Gasteiger partial charge is 0.227 e. The Morgan fingerprint density at radius 3 is 2.86 bits per heavy atom. The van der Waals surface area contributed by atoms with Crippen LogP contribution in [0.1, 0.15) is 24.5 Å². The number of ether oxygens (including phenoxy) is 1. The van der Waals surface area contributed by atoms with Crippen LogP contribution in [0.3, 0.4) is 0 Å². The van der Waals surface area contributed by atoms with Crippen molar-refractivity contribution in [1.29, 1.82) is 0 Å². The number of carbonyl (C=O) groups excluding carboxylic acids is 2. The molecule has 0 saturated carbocycles. The van der Waals surface area contributed by atoms with Crippen molar-refractivity contribution in [2.45, 2.75) is 33.2 Å². The first-order valence-electron chi connectivity index (χ1n) is 7.60. The number of hydrogen-bond donors (Lipinski definition) is 1. The van der Waals surface area contributed by atoms with E-state index in [1.54, 1.807) is 12.0 Å². The van der Waals surface area contributed by atoms with E-state index in [0.717, 1.165) is 16.8 Å². The SMILES string of the molecule is COCC(C)NC(=O)C1CC(=O)N(c2cccc(C)c2C)C1. The van der Waals surface area contributed by atoms with Crippen LogP contribution in [-0.4, -0.2) is 38.1 Å². The molecule has 1 aliphatic heterocycles. The fourth-order valence-electron chi connectivity index (χ4n) is 2.80. The van der Waals surface area contributed by atoms with Crippen LogP contribution in [0.4, 0.5) is 5.69 Å². The lowest BCUT2D eigenvalue weighted by atomic mass is 10.1. The Balaban J connectivity index is 2.08. The Hall–Kier alpha value is -1.88. The molecule has 0 spiro atoms. The second kappa shape index (κ2) is 6.92. The zero-order valence-corrected chi connectivity index (χ0v) is 13.7. The molecule has 0 radical (unpaired) electrons. The third-order valence-corrected chi connectivity index (χ3v) is 4.17. The zero-order chi connectivity index (χ0) is 16.3. The van der Waals surface area contributed by atoms with Crippen LogP contribution in [0, 0.1) is 19.8 Å². The second-order valence-electron chi connectivity index (χ2n) is 5.99. The van der Waals surface area contributed by atoms with Crippen LogP contribution in [-0.2, 0) is 14.3 Å². The summed E-state index contributed by atoms with van der Waals surface area (Å²) in [5, 5.41) is 2.90. The highest BCUT2D eigenvalue weighted by atomic mass is 16.5. The van der Waals surface area contributed by atoms with Crippen LogP contribution in [0.5, 0.6) is 0 Å². The van der Waals surface area contributed by atoms with E-state index in [1.807, 2.05) is 39.0 Å². The molecule has 1 aromatic carbocycles. The van der Waals surface area contributed by atoms with Gasteiger partial charge in [-0.05, 0) is 38.0 Å². The van der Waals surface area contributed by atoms with E-state index in [2.05, 4.69) is 5.32 Å². The molecule has 1 heterocycles. The van der Waals surface area contributed by atoms with Gasteiger partial charge in [-0.1, -0.05) is 12.1 Å². The van der Waals surface area contributed by atoms with Crippen LogP contribution in [0.15, 0.2) is 18.2 Å². The second-order valence-corrected chi connectivity index (χ2v) is 5.99. The van der Waals surface area contributed by atoms with Gasteiger partial charge in [-0.3, -0.25) is 9.59 Å². The van der Waals surface area contributed by atoms with Gasteiger partial charge in [0.25, 0.3) is 0 Å². The minimum absolute atomic E-state index is 0.00763. The number of aryl methyl sites for hydroxylation is 1. The Labute approximate surface area is 131 Å². The molecular formula is C17H24N2O3. The van der Waals surface area contributed by atoms with E-state index in [-0.39, 0.29) is 30.2 Å². The maximum Gasteiger partial charge on any atom is 0.227 e. The molecule has 0 aromatic heterocycles. The average molecular weight is 304 g/mol. The lowest BCUT2D eigenvalue weighted by molar-refractivity contribution is -0.127. The number of rotatable bonds is 5. The van der Waals surface area contributed by atoms with Gasteiger partial charge in [-0.2, -0.15) is 0 Å². The van der Waals surface area contributed by atoms with E-state index >= 15 is 0 Å². The lowest BCUT2D eigenvalue weighted by Gasteiger charge is -2.20. The van der Waals surface area contributed by atoms with Crippen molar-refractivity contribution in [2.24, 2.45) is 5.92 Å². The summed E-state index contributed by atoms with van der Waals surface area (Å²) in [6.07, 6.45) is 0.263. The first kappa shape index (κ1) is 16.5. The number of anilines is 1. The van der Waals surface area contributed by atoms with Crippen molar-refractivity contribution in [3.63, 3.8) is 0 Å². The van der Waals surface area contributed by atoms with E-state index in [4.69, 9.17) is 4.74 Å². The molecule has 22 heavy (non-hydrogen) atoms. The maximum atomic E-state index is 12.3. The van der Waals surface area contributed by atoms with Gasteiger partial charge in [-0.25, -0.2) is 0 Å². The van der Waals surface area contributed by atoms with Crippen molar-refractivity contribution in [1.82, 2.24) is 5.32 Å². The Kier molecular flexibility index (Phi) is 5.19. The van der Waals surface area contributed by atoms with E-state index in [1.165, 1.54) is 0 Å². The molecule has 0 aliphatic carbocycles. The van der Waals surface area contributed by atoms with Gasteiger partial charge in [-0.15, -0.1) is 0 Å². The van der Waals surface area contributed by atoms with Gasteiger partial charge in [0.15, 0.2) is 0 Å². The minimum atomic E-state index is -0.299. The first-order valence-corrected chi connectivity index (χ1v) is 7.60. The number of amides is 2. The molecule has 0 bridgehead atoms. The quantitative estimate of drug-likeness (QED) is 0.902. The number of nitrogens with zero attached hydrogens (tertiary/aromatic N) is 1. The van der Waals surface area contributed by atoms with Crippen LogP contribution < -0.4 is 10.2 Å². The van der Waals surface area contributed by atoms with Gasteiger partial charge < -0.3 is 15.0 Å². The van der Waals surface area contributed by atoms with Gasteiger partial charge in [0.1, 0.15) is 0 Å². The zero-order valence-electron chi connectivity index (χ0n) is 13.7. The summed E-state index contributed by atoms with van der Waals surface area (Å²) in [6.45, 7) is 6.82.